The van der Waals surface area contributed by atoms with E-state index in [0.29, 0.717) is 6.42 Å². The molecule has 1 aliphatic carbocycles. The van der Waals surface area contributed by atoms with Crippen LogP contribution in [0.25, 0.3) is 0 Å². The van der Waals surface area contributed by atoms with Gasteiger partial charge in [0.25, 0.3) is 5.92 Å². The summed E-state index contributed by atoms with van der Waals surface area (Å²) in [6.45, 7) is -1.49. The number of nitrogens with one attached hydrogen (secondary N) is 1. The van der Waals surface area contributed by atoms with Gasteiger partial charge >= 0.3 is 0 Å². The molecule has 4 nitrogen and oxygen atoms in total. The van der Waals surface area contributed by atoms with Gasteiger partial charge in [0, 0.05) is 6.42 Å². The molecule has 1 aromatic rings. The van der Waals surface area contributed by atoms with E-state index in [0.717, 1.165) is 24.2 Å². The van der Waals surface area contributed by atoms with Crippen molar-refractivity contribution < 1.29 is 18.3 Å². The van der Waals surface area contributed by atoms with E-state index in [1.165, 1.54) is 12.8 Å². The highest BCUT2D eigenvalue weighted by atomic mass is 19.3. The SMILES string of the molecule is NCC(F)(F)CNC(=O)CCc1cccc(OC2CCCC2)c1. The van der Waals surface area contributed by atoms with E-state index in [1.54, 1.807) is 0 Å². The van der Waals surface area contributed by atoms with Crippen LogP contribution in [0.3, 0.4) is 0 Å². The smallest absolute Gasteiger partial charge is 0.277 e. The Morgan fingerprint density at radius 2 is 2.09 bits per heavy atom. The first-order valence-electron chi connectivity index (χ1n) is 8.09. The Balaban J connectivity index is 1.77. The van der Waals surface area contributed by atoms with Crippen LogP contribution in [0, 0.1) is 0 Å². The average molecular weight is 326 g/mol. The predicted molar refractivity (Wildman–Crippen MR) is 84.7 cm³/mol. The van der Waals surface area contributed by atoms with Crippen molar-refractivity contribution in [3.8, 4) is 5.75 Å². The van der Waals surface area contributed by atoms with Gasteiger partial charge in [0.05, 0.1) is 19.2 Å². The van der Waals surface area contributed by atoms with Crippen LogP contribution in [0.2, 0.25) is 0 Å². The summed E-state index contributed by atoms with van der Waals surface area (Å²) in [6, 6.07) is 7.62. The maximum absolute atomic E-state index is 13.0. The number of carbonyl (C=O) groups excluding carboxylic acids is 1. The standard InChI is InChI=1S/C17H24F2N2O2/c18-17(19,11-20)12-21-16(22)9-8-13-4-3-7-15(10-13)23-14-5-1-2-6-14/h3-4,7,10,14H,1-2,5-6,8-9,11-12,20H2,(H,21,22). The minimum atomic E-state index is -3.05. The number of hydrogen-bond acceptors (Lipinski definition) is 3. The number of ether oxygens (including phenoxy) is 1. The minimum Gasteiger partial charge on any atom is -0.490 e. The van der Waals surface area contributed by atoms with Crippen molar-refractivity contribution in [2.75, 3.05) is 13.1 Å². The van der Waals surface area contributed by atoms with Crippen LogP contribution < -0.4 is 15.8 Å². The molecule has 0 saturated heterocycles. The fraction of sp³-hybridized carbons (Fsp3) is 0.588. The zero-order chi connectivity index (χ0) is 16.7. The summed E-state index contributed by atoms with van der Waals surface area (Å²) in [5.74, 6) is -2.64. The second kappa shape index (κ2) is 8.24. The van der Waals surface area contributed by atoms with Crippen LogP contribution in [0.1, 0.15) is 37.7 Å². The van der Waals surface area contributed by atoms with Crippen molar-refractivity contribution >= 4 is 5.91 Å². The molecule has 2 rings (SSSR count). The molecule has 3 N–H and O–H groups in total. The number of alkyl halides is 2. The van der Waals surface area contributed by atoms with Gasteiger partial charge < -0.3 is 15.8 Å². The molecule has 1 amide bonds. The molecular formula is C17H24F2N2O2. The molecule has 1 fully saturated rings. The van der Waals surface area contributed by atoms with Gasteiger partial charge in [-0.05, 0) is 49.8 Å². The second-order valence-corrected chi connectivity index (χ2v) is 6.01. The molecule has 128 valence electrons. The van der Waals surface area contributed by atoms with E-state index in [4.69, 9.17) is 10.5 Å². The molecule has 0 unspecified atom stereocenters. The molecule has 0 heterocycles. The Labute approximate surface area is 135 Å². The lowest BCUT2D eigenvalue weighted by Gasteiger charge is -2.15. The first kappa shape index (κ1) is 17.7. The Bertz CT molecular complexity index is 517. The van der Waals surface area contributed by atoms with Crippen molar-refractivity contribution in [2.24, 2.45) is 5.73 Å². The number of amides is 1. The van der Waals surface area contributed by atoms with Gasteiger partial charge in [0.15, 0.2) is 0 Å². The van der Waals surface area contributed by atoms with Crippen molar-refractivity contribution in [1.29, 1.82) is 0 Å². The largest absolute Gasteiger partial charge is 0.490 e. The highest BCUT2D eigenvalue weighted by Gasteiger charge is 2.26. The summed E-state index contributed by atoms with van der Waals surface area (Å²) in [4.78, 5) is 11.6. The summed E-state index contributed by atoms with van der Waals surface area (Å²) < 4.78 is 31.8. The zero-order valence-corrected chi connectivity index (χ0v) is 13.2. The van der Waals surface area contributed by atoms with Gasteiger partial charge in [0.2, 0.25) is 5.91 Å². The van der Waals surface area contributed by atoms with E-state index in [1.807, 2.05) is 24.3 Å². The summed E-state index contributed by atoms with van der Waals surface area (Å²) in [5, 5.41) is 2.22. The topological polar surface area (TPSA) is 64.3 Å². The Kier molecular flexibility index (Phi) is 6.33. The Morgan fingerprint density at radius 3 is 2.78 bits per heavy atom. The lowest BCUT2D eigenvalue weighted by molar-refractivity contribution is -0.122. The van der Waals surface area contributed by atoms with Crippen LogP contribution in [0.4, 0.5) is 8.78 Å². The molecule has 0 bridgehead atoms. The molecule has 6 heteroatoms. The fourth-order valence-electron chi connectivity index (χ4n) is 2.62. The maximum Gasteiger partial charge on any atom is 0.277 e. The molecule has 1 saturated carbocycles. The van der Waals surface area contributed by atoms with Crippen molar-refractivity contribution in [1.82, 2.24) is 5.32 Å². The summed E-state index contributed by atoms with van der Waals surface area (Å²) in [6.07, 6.45) is 5.52. The molecule has 0 radical (unpaired) electrons. The van der Waals surface area contributed by atoms with Crippen molar-refractivity contribution in [3.63, 3.8) is 0 Å². The molecule has 23 heavy (non-hydrogen) atoms. The molecule has 1 aromatic carbocycles. The van der Waals surface area contributed by atoms with Gasteiger partial charge in [-0.3, -0.25) is 4.79 Å². The number of nitrogens with two attached hydrogens (primary N) is 1. The summed E-state index contributed by atoms with van der Waals surface area (Å²) in [7, 11) is 0. The fourth-order valence-corrected chi connectivity index (χ4v) is 2.62. The highest BCUT2D eigenvalue weighted by molar-refractivity contribution is 5.76. The van der Waals surface area contributed by atoms with E-state index in [-0.39, 0.29) is 12.5 Å². The number of benzene rings is 1. The van der Waals surface area contributed by atoms with Gasteiger partial charge in [0.1, 0.15) is 5.75 Å². The first-order valence-corrected chi connectivity index (χ1v) is 8.09. The zero-order valence-electron chi connectivity index (χ0n) is 13.2. The molecular weight excluding hydrogens is 302 g/mol. The second-order valence-electron chi connectivity index (χ2n) is 6.01. The Morgan fingerprint density at radius 1 is 1.35 bits per heavy atom. The number of hydrogen-bond donors (Lipinski definition) is 2. The van der Waals surface area contributed by atoms with Crippen LogP contribution in [0.15, 0.2) is 24.3 Å². The third-order valence-electron chi connectivity index (χ3n) is 3.99. The van der Waals surface area contributed by atoms with Gasteiger partial charge in [-0.1, -0.05) is 12.1 Å². The minimum absolute atomic E-state index is 0.160. The van der Waals surface area contributed by atoms with Gasteiger partial charge in [-0.15, -0.1) is 0 Å². The number of rotatable bonds is 8. The average Bonchev–Trinajstić information content (AvgIpc) is 3.04. The molecule has 1 aliphatic rings. The van der Waals surface area contributed by atoms with Crippen LogP contribution >= 0.6 is 0 Å². The van der Waals surface area contributed by atoms with Gasteiger partial charge in [-0.25, -0.2) is 8.78 Å². The number of halogens is 2. The van der Waals surface area contributed by atoms with E-state index in [2.05, 4.69) is 5.32 Å². The lowest BCUT2D eigenvalue weighted by Crippen LogP contribution is -2.41. The van der Waals surface area contributed by atoms with Gasteiger partial charge in [-0.2, -0.15) is 0 Å². The maximum atomic E-state index is 13.0. The monoisotopic (exact) mass is 326 g/mol. The Hall–Kier alpha value is -1.69. The van der Waals surface area contributed by atoms with E-state index in [9.17, 15) is 13.6 Å². The third-order valence-corrected chi connectivity index (χ3v) is 3.99. The molecule has 0 aliphatic heterocycles. The molecule has 0 spiro atoms. The normalized spacial score (nSPS) is 15.6. The third kappa shape index (κ3) is 6.14. The van der Waals surface area contributed by atoms with Crippen molar-refractivity contribution in [3.05, 3.63) is 29.8 Å². The molecule has 0 atom stereocenters. The molecule has 0 aromatic heterocycles. The van der Waals surface area contributed by atoms with Crippen LogP contribution in [-0.4, -0.2) is 31.0 Å². The number of carbonyl (C=O) groups is 1. The van der Waals surface area contributed by atoms with E-state index >= 15 is 0 Å². The summed E-state index contributed by atoms with van der Waals surface area (Å²) >= 11 is 0. The number of aryl methyl sites for hydroxylation is 1. The van der Waals surface area contributed by atoms with Crippen molar-refractivity contribution in [2.45, 2.75) is 50.6 Å². The highest BCUT2D eigenvalue weighted by Crippen LogP contribution is 2.24. The lowest BCUT2D eigenvalue weighted by atomic mass is 10.1. The first-order chi connectivity index (χ1) is 11.0. The predicted octanol–water partition coefficient (Wildman–Crippen LogP) is 2.65. The quantitative estimate of drug-likeness (QED) is 0.772. The van der Waals surface area contributed by atoms with E-state index < -0.39 is 24.9 Å². The summed E-state index contributed by atoms with van der Waals surface area (Å²) in [5.41, 5.74) is 5.89. The van der Waals surface area contributed by atoms with Crippen LogP contribution in [0.5, 0.6) is 5.75 Å². The van der Waals surface area contributed by atoms with Crippen LogP contribution in [-0.2, 0) is 11.2 Å².